The van der Waals surface area contributed by atoms with Crippen molar-refractivity contribution >= 4 is 12.1 Å². The maximum absolute atomic E-state index is 11.9. The highest BCUT2D eigenvalue weighted by Crippen LogP contribution is 2.18. The van der Waals surface area contributed by atoms with Crippen LogP contribution in [0.25, 0.3) is 0 Å². The molecule has 20 heavy (non-hydrogen) atoms. The van der Waals surface area contributed by atoms with Crippen LogP contribution in [0.1, 0.15) is 40.0 Å². The summed E-state index contributed by atoms with van der Waals surface area (Å²) in [5, 5.41) is 8.93. The topological polar surface area (TPSA) is 70.1 Å². The molecule has 0 radical (unpaired) electrons. The first-order valence-electron chi connectivity index (χ1n) is 7.09. The Morgan fingerprint density at radius 1 is 1.35 bits per heavy atom. The lowest BCUT2D eigenvalue weighted by Gasteiger charge is -2.37. The minimum Gasteiger partial charge on any atom is -0.480 e. The SMILES string of the molecule is CN(C[C@H]1CCCCN1CC(=O)O)C(=O)OC(C)(C)C. The second kappa shape index (κ2) is 6.92. The summed E-state index contributed by atoms with van der Waals surface area (Å²) >= 11 is 0. The minimum atomic E-state index is -0.822. The molecular weight excluding hydrogens is 260 g/mol. The van der Waals surface area contributed by atoms with Crippen LogP contribution in [0.5, 0.6) is 0 Å². The van der Waals surface area contributed by atoms with Crippen molar-refractivity contribution in [3.63, 3.8) is 0 Å². The number of likely N-dealkylation sites (tertiary alicyclic amines) is 1. The number of carbonyl (C=O) groups is 2. The number of piperidine rings is 1. The molecule has 116 valence electrons. The van der Waals surface area contributed by atoms with Gasteiger partial charge in [0.25, 0.3) is 0 Å². The Bertz CT molecular complexity index is 352. The standard InChI is InChI=1S/C14H26N2O4/c1-14(2,3)20-13(19)15(4)9-11-7-5-6-8-16(11)10-12(17)18/h11H,5-10H2,1-4H3,(H,17,18)/t11-/m1/s1. The van der Waals surface area contributed by atoms with Crippen LogP contribution in [0, 0.1) is 0 Å². The number of hydrogen-bond acceptors (Lipinski definition) is 4. The fraction of sp³-hybridized carbons (Fsp3) is 0.857. The molecule has 1 aliphatic heterocycles. The van der Waals surface area contributed by atoms with Crippen molar-refractivity contribution in [2.24, 2.45) is 0 Å². The van der Waals surface area contributed by atoms with Gasteiger partial charge in [-0.25, -0.2) is 4.79 Å². The Hall–Kier alpha value is -1.30. The molecule has 1 amide bonds. The van der Waals surface area contributed by atoms with Crippen LogP contribution in [-0.4, -0.2) is 65.3 Å². The van der Waals surface area contributed by atoms with E-state index in [1.54, 1.807) is 7.05 Å². The summed E-state index contributed by atoms with van der Waals surface area (Å²) in [4.78, 5) is 26.3. The number of hydrogen-bond donors (Lipinski definition) is 1. The second-order valence-electron chi connectivity index (χ2n) is 6.37. The quantitative estimate of drug-likeness (QED) is 0.853. The van der Waals surface area contributed by atoms with E-state index in [0.717, 1.165) is 25.8 Å². The van der Waals surface area contributed by atoms with Crippen molar-refractivity contribution in [2.45, 2.75) is 51.7 Å². The fourth-order valence-corrected chi connectivity index (χ4v) is 2.38. The molecule has 0 aliphatic carbocycles. The number of carbonyl (C=O) groups excluding carboxylic acids is 1. The maximum Gasteiger partial charge on any atom is 0.410 e. The maximum atomic E-state index is 11.9. The van der Waals surface area contributed by atoms with Gasteiger partial charge in [0.2, 0.25) is 0 Å². The van der Waals surface area contributed by atoms with Crippen molar-refractivity contribution in [2.75, 3.05) is 26.7 Å². The Balaban J connectivity index is 2.55. The van der Waals surface area contributed by atoms with Crippen molar-refractivity contribution in [3.05, 3.63) is 0 Å². The zero-order valence-electron chi connectivity index (χ0n) is 12.9. The van der Waals surface area contributed by atoms with Gasteiger partial charge in [-0.2, -0.15) is 0 Å². The average Bonchev–Trinajstić information content (AvgIpc) is 2.28. The van der Waals surface area contributed by atoms with Gasteiger partial charge in [0.15, 0.2) is 0 Å². The first-order chi connectivity index (χ1) is 9.19. The van der Waals surface area contributed by atoms with Gasteiger partial charge in [0, 0.05) is 19.6 Å². The molecule has 0 aromatic rings. The van der Waals surface area contributed by atoms with Crippen LogP contribution >= 0.6 is 0 Å². The predicted octanol–water partition coefficient (Wildman–Crippen LogP) is 1.79. The zero-order chi connectivity index (χ0) is 15.3. The van der Waals surface area contributed by atoms with Crippen LogP contribution in [-0.2, 0) is 9.53 Å². The largest absolute Gasteiger partial charge is 0.480 e. The third-order valence-corrected chi connectivity index (χ3v) is 3.28. The lowest BCUT2D eigenvalue weighted by molar-refractivity contribution is -0.139. The van der Waals surface area contributed by atoms with Gasteiger partial charge in [-0.1, -0.05) is 6.42 Å². The van der Waals surface area contributed by atoms with Crippen LogP contribution in [0.3, 0.4) is 0 Å². The van der Waals surface area contributed by atoms with Crippen LogP contribution in [0.15, 0.2) is 0 Å². The molecule has 1 fully saturated rings. The molecular formula is C14H26N2O4. The molecule has 1 atom stereocenters. The highest BCUT2D eigenvalue weighted by Gasteiger charge is 2.28. The minimum absolute atomic E-state index is 0.0345. The van der Waals surface area contributed by atoms with Gasteiger partial charge < -0.3 is 14.7 Å². The second-order valence-corrected chi connectivity index (χ2v) is 6.37. The van der Waals surface area contributed by atoms with Gasteiger partial charge in [0.05, 0.1) is 6.54 Å². The molecule has 0 unspecified atom stereocenters. The van der Waals surface area contributed by atoms with Gasteiger partial charge in [-0.05, 0) is 40.2 Å². The number of carboxylic acids is 1. The van der Waals surface area contributed by atoms with Crippen LogP contribution in [0.2, 0.25) is 0 Å². The fourth-order valence-electron chi connectivity index (χ4n) is 2.38. The Morgan fingerprint density at radius 3 is 2.55 bits per heavy atom. The van der Waals surface area contributed by atoms with E-state index in [9.17, 15) is 9.59 Å². The van der Waals surface area contributed by atoms with E-state index in [0.29, 0.717) is 6.54 Å². The molecule has 1 rings (SSSR count). The molecule has 1 heterocycles. The van der Waals surface area contributed by atoms with Crippen molar-refractivity contribution in [3.8, 4) is 0 Å². The van der Waals surface area contributed by atoms with Crippen LogP contribution in [0.4, 0.5) is 4.79 Å². The summed E-state index contributed by atoms with van der Waals surface area (Å²) < 4.78 is 5.31. The summed E-state index contributed by atoms with van der Waals surface area (Å²) in [7, 11) is 1.70. The summed E-state index contributed by atoms with van der Waals surface area (Å²) in [6, 6.07) is 0.0948. The zero-order valence-corrected chi connectivity index (χ0v) is 12.9. The normalized spacial score (nSPS) is 20.5. The first kappa shape index (κ1) is 16.8. The molecule has 0 aromatic carbocycles. The van der Waals surface area contributed by atoms with E-state index in [1.165, 1.54) is 4.90 Å². The number of aliphatic carboxylic acids is 1. The predicted molar refractivity (Wildman–Crippen MR) is 75.7 cm³/mol. The molecule has 6 nitrogen and oxygen atoms in total. The summed E-state index contributed by atoms with van der Waals surface area (Å²) in [6.07, 6.45) is 2.64. The van der Waals surface area contributed by atoms with Gasteiger partial charge in [-0.3, -0.25) is 9.69 Å². The van der Waals surface area contributed by atoms with E-state index in [2.05, 4.69) is 0 Å². The molecule has 1 saturated heterocycles. The molecule has 0 bridgehead atoms. The van der Waals surface area contributed by atoms with Gasteiger partial charge in [0.1, 0.15) is 5.60 Å². The van der Waals surface area contributed by atoms with Gasteiger partial charge in [-0.15, -0.1) is 0 Å². The molecule has 1 N–H and O–H groups in total. The highest BCUT2D eigenvalue weighted by atomic mass is 16.6. The smallest absolute Gasteiger partial charge is 0.410 e. The van der Waals surface area contributed by atoms with Crippen molar-refractivity contribution in [1.82, 2.24) is 9.80 Å². The number of carboxylic acid groups (broad SMARTS) is 1. The molecule has 6 heteroatoms. The summed E-state index contributed by atoms with van der Waals surface area (Å²) in [6.45, 7) is 6.80. The first-order valence-corrected chi connectivity index (χ1v) is 7.09. The number of ether oxygens (including phenoxy) is 1. The Labute approximate surface area is 120 Å². The highest BCUT2D eigenvalue weighted by molar-refractivity contribution is 5.69. The number of nitrogens with zero attached hydrogens (tertiary/aromatic N) is 2. The van der Waals surface area contributed by atoms with E-state index in [4.69, 9.17) is 9.84 Å². The summed E-state index contributed by atoms with van der Waals surface area (Å²) in [5.41, 5.74) is -0.515. The Morgan fingerprint density at radius 2 is 2.00 bits per heavy atom. The number of amides is 1. The lowest BCUT2D eigenvalue weighted by atomic mass is 10.0. The number of likely N-dealkylation sites (N-methyl/N-ethyl adjacent to an activating group) is 1. The average molecular weight is 286 g/mol. The Kier molecular flexibility index (Phi) is 5.80. The summed E-state index contributed by atoms with van der Waals surface area (Å²) in [5.74, 6) is -0.822. The van der Waals surface area contributed by atoms with E-state index in [-0.39, 0.29) is 18.7 Å². The van der Waals surface area contributed by atoms with Crippen molar-refractivity contribution in [1.29, 1.82) is 0 Å². The third-order valence-electron chi connectivity index (χ3n) is 3.28. The molecule has 1 aliphatic rings. The number of rotatable bonds is 4. The van der Waals surface area contributed by atoms with Gasteiger partial charge >= 0.3 is 12.1 Å². The van der Waals surface area contributed by atoms with E-state index < -0.39 is 11.6 Å². The van der Waals surface area contributed by atoms with Crippen LogP contribution < -0.4 is 0 Å². The van der Waals surface area contributed by atoms with Crippen molar-refractivity contribution < 1.29 is 19.4 Å². The monoisotopic (exact) mass is 286 g/mol. The van der Waals surface area contributed by atoms with E-state index >= 15 is 0 Å². The molecule has 0 saturated carbocycles. The lowest BCUT2D eigenvalue weighted by Crippen LogP contribution is -2.49. The molecule has 0 aromatic heterocycles. The molecule has 0 spiro atoms. The third kappa shape index (κ3) is 5.77. The van der Waals surface area contributed by atoms with E-state index in [1.807, 2.05) is 25.7 Å².